The van der Waals surface area contributed by atoms with Crippen molar-refractivity contribution in [3.8, 4) is 0 Å². The lowest BCUT2D eigenvalue weighted by atomic mass is 9.94. The SMILES string of the molecule is CC1=C(C(C)C(C)C)OCC1=O. The minimum atomic E-state index is 0.137. The molecule has 2 nitrogen and oxygen atoms in total. The van der Waals surface area contributed by atoms with Crippen LogP contribution in [0.15, 0.2) is 11.3 Å². The summed E-state index contributed by atoms with van der Waals surface area (Å²) >= 11 is 0. The molecule has 2 heteroatoms. The Kier molecular flexibility index (Phi) is 2.55. The summed E-state index contributed by atoms with van der Waals surface area (Å²) in [7, 11) is 0. The fourth-order valence-electron chi connectivity index (χ4n) is 1.27. The lowest BCUT2D eigenvalue weighted by molar-refractivity contribution is -0.116. The molecule has 0 saturated carbocycles. The first-order chi connectivity index (χ1) is 5.54. The minimum Gasteiger partial charge on any atom is -0.489 e. The van der Waals surface area contributed by atoms with Gasteiger partial charge in [0.1, 0.15) is 5.76 Å². The Morgan fingerprint density at radius 3 is 2.25 bits per heavy atom. The van der Waals surface area contributed by atoms with Crippen LogP contribution < -0.4 is 0 Å². The smallest absolute Gasteiger partial charge is 0.199 e. The Hall–Kier alpha value is -0.790. The van der Waals surface area contributed by atoms with Crippen LogP contribution in [0.5, 0.6) is 0 Å². The van der Waals surface area contributed by atoms with E-state index in [4.69, 9.17) is 4.74 Å². The molecule has 1 unspecified atom stereocenters. The highest BCUT2D eigenvalue weighted by Crippen LogP contribution is 2.27. The lowest BCUT2D eigenvalue weighted by Gasteiger charge is -2.16. The third-order valence-corrected chi connectivity index (χ3v) is 2.56. The van der Waals surface area contributed by atoms with Gasteiger partial charge in [-0.1, -0.05) is 20.8 Å². The Morgan fingerprint density at radius 1 is 1.33 bits per heavy atom. The number of ketones is 1. The molecule has 0 fully saturated rings. The van der Waals surface area contributed by atoms with Crippen molar-refractivity contribution < 1.29 is 9.53 Å². The van der Waals surface area contributed by atoms with Crippen molar-refractivity contribution >= 4 is 5.78 Å². The maximum atomic E-state index is 11.1. The Labute approximate surface area is 73.6 Å². The second-order valence-electron chi connectivity index (χ2n) is 3.73. The number of hydrogen-bond donors (Lipinski definition) is 0. The van der Waals surface area contributed by atoms with Crippen molar-refractivity contribution in [2.45, 2.75) is 27.7 Å². The molecule has 1 atom stereocenters. The number of carbonyl (C=O) groups is 1. The summed E-state index contributed by atoms with van der Waals surface area (Å²) in [5.74, 6) is 1.92. The van der Waals surface area contributed by atoms with Crippen LogP contribution >= 0.6 is 0 Å². The van der Waals surface area contributed by atoms with Gasteiger partial charge in [0.15, 0.2) is 12.4 Å². The van der Waals surface area contributed by atoms with Crippen LogP contribution in [0.2, 0.25) is 0 Å². The van der Waals surface area contributed by atoms with Crippen molar-refractivity contribution in [2.75, 3.05) is 6.61 Å². The van der Waals surface area contributed by atoms with E-state index in [9.17, 15) is 4.79 Å². The van der Waals surface area contributed by atoms with Gasteiger partial charge in [-0.05, 0) is 12.8 Å². The highest BCUT2D eigenvalue weighted by Gasteiger charge is 2.26. The zero-order valence-corrected chi connectivity index (χ0v) is 8.18. The number of rotatable bonds is 2. The van der Waals surface area contributed by atoms with E-state index < -0.39 is 0 Å². The molecule has 0 spiro atoms. The number of hydrogen-bond acceptors (Lipinski definition) is 2. The van der Waals surface area contributed by atoms with Gasteiger partial charge >= 0.3 is 0 Å². The van der Waals surface area contributed by atoms with Crippen LogP contribution in [-0.2, 0) is 9.53 Å². The van der Waals surface area contributed by atoms with Gasteiger partial charge in [-0.3, -0.25) is 4.79 Å². The Bertz CT molecular complexity index is 226. The van der Waals surface area contributed by atoms with E-state index in [-0.39, 0.29) is 12.4 Å². The summed E-state index contributed by atoms with van der Waals surface area (Å²) < 4.78 is 5.33. The van der Waals surface area contributed by atoms with Crippen molar-refractivity contribution in [3.05, 3.63) is 11.3 Å². The molecular formula is C10H16O2. The molecule has 0 N–H and O–H groups in total. The third kappa shape index (κ3) is 1.52. The summed E-state index contributed by atoms with van der Waals surface area (Å²) in [6.45, 7) is 8.47. The zero-order valence-electron chi connectivity index (χ0n) is 8.18. The maximum absolute atomic E-state index is 11.1. The molecule has 0 aliphatic carbocycles. The second kappa shape index (κ2) is 3.30. The van der Waals surface area contributed by atoms with Crippen molar-refractivity contribution in [1.82, 2.24) is 0 Å². The average Bonchev–Trinajstić information content (AvgIpc) is 2.32. The standard InChI is InChI=1S/C10H16O2/c1-6(2)7(3)10-8(4)9(11)5-12-10/h6-7H,5H2,1-4H3. The molecule has 1 heterocycles. The molecule has 68 valence electrons. The second-order valence-corrected chi connectivity index (χ2v) is 3.73. The molecule has 0 aromatic carbocycles. The molecular weight excluding hydrogens is 152 g/mol. The van der Waals surface area contributed by atoms with Gasteiger partial charge in [-0.25, -0.2) is 0 Å². The van der Waals surface area contributed by atoms with Gasteiger partial charge in [0.25, 0.3) is 0 Å². The number of allylic oxidation sites excluding steroid dienone is 1. The molecule has 0 bridgehead atoms. The first-order valence-corrected chi connectivity index (χ1v) is 4.40. The van der Waals surface area contributed by atoms with E-state index in [1.54, 1.807) is 0 Å². The fraction of sp³-hybridized carbons (Fsp3) is 0.700. The van der Waals surface area contributed by atoms with Gasteiger partial charge < -0.3 is 4.74 Å². The Balaban J connectivity index is 2.82. The molecule has 1 aliphatic heterocycles. The molecule has 1 rings (SSSR count). The van der Waals surface area contributed by atoms with Gasteiger partial charge in [0.05, 0.1) is 0 Å². The average molecular weight is 168 g/mol. The van der Waals surface area contributed by atoms with Crippen molar-refractivity contribution in [2.24, 2.45) is 11.8 Å². The molecule has 12 heavy (non-hydrogen) atoms. The summed E-state index contributed by atoms with van der Waals surface area (Å²) in [5.41, 5.74) is 0.816. The fourth-order valence-corrected chi connectivity index (χ4v) is 1.27. The first kappa shape index (κ1) is 9.30. The quantitative estimate of drug-likeness (QED) is 0.631. The first-order valence-electron chi connectivity index (χ1n) is 4.40. The van der Waals surface area contributed by atoms with E-state index in [1.807, 2.05) is 6.92 Å². The van der Waals surface area contributed by atoms with Crippen LogP contribution in [0.3, 0.4) is 0 Å². The van der Waals surface area contributed by atoms with E-state index >= 15 is 0 Å². The normalized spacial score (nSPS) is 20.2. The summed E-state index contributed by atoms with van der Waals surface area (Å²) in [6, 6.07) is 0. The number of carbonyl (C=O) groups excluding carboxylic acids is 1. The number of Topliss-reactive ketones (excluding diaryl/α,β-unsaturated/α-hetero) is 1. The monoisotopic (exact) mass is 168 g/mol. The topological polar surface area (TPSA) is 26.3 Å². The maximum Gasteiger partial charge on any atom is 0.199 e. The lowest BCUT2D eigenvalue weighted by Crippen LogP contribution is -2.08. The minimum absolute atomic E-state index is 0.137. The molecule has 0 aromatic heterocycles. The van der Waals surface area contributed by atoms with Crippen LogP contribution in [-0.4, -0.2) is 12.4 Å². The van der Waals surface area contributed by atoms with E-state index in [2.05, 4.69) is 20.8 Å². The zero-order chi connectivity index (χ0) is 9.30. The van der Waals surface area contributed by atoms with E-state index in [1.165, 1.54) is 0 Å². The van der Waals surface area contributed by atoms with Crippen LogP contribution in [0.4, 0.5) is 0 Å². The summed E-state index contributed by atoms with van der Waals surface area (Å²) in [6.07, 6.45) is 0. The highest BCUT2D eigenvalue weighted by molar-refractivity contribution is 5.98. The largest absolute Gasteiger partial charge is 0.489 e. The molecule has 1 aliphatic rings. The number of ether oxygens (including phenoxy) is 1. The van der Waals surface area contributed by atoms with Gasteiger partial charge in [-0.2, -0.15) is 0 Å². The predicted molar refractivity (Wildman–Crippen MR) is 47.7 cm³/mol. The molecule has 0 aromatic rings. The molecule has 0 radical (unpaired) electrons. The van der Waals surface area contributed by atoms with Crippen LogP contribution in [0, 0.1) is 11.8 Å². The van der Waals surface area contributed by atoms with Crippen LogP contribution in [0.1, 0.15) is 27.7 Å². The van der Waals surface area contributed by atoms with E-state index in [0.29, 0.717) is 11.8 Å². The van der Waals surface area contributed by atoms with Gasteiger partial charge in [-0.15, -0.1) is 0 Å². The van der Waals surface area contributed by atoms with Gasteiger partial charge in [0, 0.05) is 11.5 Å². The van der Waals surface area contributed by atoms with Gasteiger partial charge in [0.2, 0.25) is 0 Å². The summed E-state index contributed by atoms with van der Waals surface area (Å²) in [4.78, 5) is 11.1. The van der Waals surface area contributed by atoms with Crippen molar-refractivity contribution in [1.29, 1.82) is 0 Å². The van der Waals surface area contributed by atoms with Crippen LogP contribution in [0.25, 0.3) is 0 Å². The molecule has 0 saturated heterocycles. The van der Waals surface area contributed by atoms with Crippen molar-refractivity contribution in [3.63, 3.8) is 0 Å². The Morgan fingerprint density at radius 2 is 1.92 bits per heavy atom. The van der Waals surface area contributed by atoms with E-state index in [0.717, 1.165) is 11.3 Å². The third-order valence-electron chi connectivity index (χ3n) is 2.56. The molecule has 0 amide bonds. The summed E-state index contributed by atoms with van der Waals surface area (Å²) in [5, 5.41) is 0. The predicted octanol–water partition coefficient (Wildman–Crippen LogP) is 2.15. The highest BCUT2D eigenvalue weighted by atomic mass is 16.5.